The zero-order valence-corrected chi connectivity index (χ0v) is 20.9. The van der Waals surface area contributed by atoms with Crippen molar-refractivity contribution in [2.75, 3.05) is 18.5 Å². The summed E-state index contributed by atoms with van der Waals surface area (Å²) in [5, 5.41) is 6.67. The minimum absolute atomic E-state index is 0.0180. The molecule has 0 unspecified atom stereocenters. The molecular weight excluding hydrogens is 514 g/mol. The predicted molar refractivity (Wildman–Crippen MR) is 136 cm³/mol. The summed E-state index contributed by atoms with van der Waals surface area (Å²) < 4.78 is 56.0. The van der Waals surface area contributed by atoms with E-state index >= 15 is 0 Å². The van der Waals surface area contributed by atoms with Crippen LogP contribution in [0.2, 0.25) is 0 Å². The molecule has 1 spiro atoms. The number of hydrogen-bond acceptors (Lipinski definition) is 6. The summed E-state index contributed by atoms with van der Waals surface area (Å²) in [5.41, 5.74) is 2.17. The number of nitrogens with one attached hydrogen (secondary N) is 2. The number of benzene rings is 1. The standard InChI is InChI=1S/C27H25F4N7O/c28-14-25(7-8-25)20-2-1-3-21(35-20)38-22-18(23(39)37(38)15-27(29,30)31)13-32-24(36-22)34-17-4-5-19-16(12-17)6-11-33-26(19)9-10-26/h1-5,12-13,33H,6-11,14-15H2,(H,32,34,36). The van der Waals surface area contributed by atoms with Gasteiger partial charge < -0.3 is 10.6 Å². The molecule has 1 aromatic carbocycles. The van der Waals surface area contributed by atoms with E-state index in [1.54, 1.807) is 12.1 Å². The molecule has 0 bridgehead atoms. The molecule has 4 heterocycles. The maximum absolute atomic E-state index is 13.7. The molecule has 8 nitrogen and oxygen atoms in total. The molecule has 39 heavy (non-hydrogen) atoms. The fraction of sp³-hybridized carbons (Fsp3) is 0.407. The van der Waals surface area contributed by atoms with E-state index in [0.717, 1.165) is 36.2 Å². The lowest BCUT2D eigenvalue weighted by atomic mass is 9.92. The molecule has 0 radical (unpaired) electrons. The van der Waals surface area contributed by atoms with Crippen LogP contribution in [0.25, 0.3) is 16.9 Å². The van der Waals surface area contributed by atoms with Crippen LogP contribution in [0.4, 0.5) is 29.2 Å². The van der Waals surface area contributed by atoms with E-state index in [1.807, 2.05) is 12.1 Å². The number of alkyl halides is 4. The highest BCUT2D eigenvalue weighted by Gasteiger charge is 2.47. The minimum Gasteiger partial charge on any atom is -0.324 e. The van der Waals surface area contributed by atoms with Gasteiger partial charge in [0.15, 0.2) is 11.5 Å². The van der Waals surface area contributed by atoms with Gasteiger partial charge in [-0.25, -0.2) is 19.3 Å². The van der Waals surface area contributed by atoms with Gasteiger partial charge >= 0.3 is 6.18 Å². The van der Waals surface area contributed by atoms with Crippen LogP contribution in [0.1, 0.15) is 42.5 Å². The van der Waals surface area contributed by atoms with Crippen LogP contribution in [0, 0.1) is 0 Å². The third-order valence-corrected chi connectivity index (χ3v) is 8.09. The first-order valence-electron chi connectivity index (χ1n) is 13.0. The summed E-state index contributed by atoms with van der Waals surface area (Å²) in [6.45, 7) is -1.25. The summed E-state index contributed by atoms with van der Waals surface area (Å²) >= 11 is 0. The van der Waals surface area contributed by atoms with Crippen molar-refractivity contribution < 1.29 is 17.6 Å². The van der Waals surface area contributed by atoms with E-state index in [2.05, 4.69) is 31.7 Å². The summed E-state index contributed by atoms with van der Waals surface area (Å²) in [7, 11) is 0. The Hall–Kier alpha value is -3.80. The zero-order chi connectivity index (χ0) is 27.0. The van der Waals surface area contributed by atoms with Crippen molar-refractivity contribution in [2.45, 2.75) is 55.8 Å². The second-order valence-electron chi connectivity index (χ2n) is 10.8. The Balaban J connectivity index is 1.32. The van der Waals surface area contributed by atoms with Crippen molar-refractivity contribution in [3.8, 4) is 5.82 Å². The minimum atomic E-state index is -4.67. The highest BCUT2D eigenvalue weighted by atomic mass is 19.4. The van der Waals surface area contributed by atoms with Crippen molar-refractivity contribution in [3.05, 3.63) is 69.8 Å². The molecule has 3 aromatic heterocycles. The molecule has 0 saturated heterocycles. The number of rotatable bonds is 6. The van der Waals surface area contributed by atoms with Crippen LogP contribution in [0.15, 0.2) is 47.4 Å². The molecule has 7 rings (SSSR count). The number of pyridine rings is 1. The zero-order valence-electron chi connectivity index (χ0n) is 20.9. The molecule has 12 heteroatoms. The van der Waals surface area contributed by atoms with E-state index in [-0.39, 0.29) is 28.3 Å². The van der Waals surface area contributed by atoms with E-state index in [1.165, 1.54) is 23.4 Å². The number of halogens is 4. The predicted octanol–water partition coefficient (Wildman–Crippen LogP) is 4.42. The normalized spacial score (nSPS) is 18.8. The van der Waals surface area contributed by atoms with Crippen molar-refractivity contribution in [3.63, 3.8) is 0 Å². The largest absolute Gasteiger partial charge is 0.408 e. The van der Waals surface area contributed by atoms with Gasteiger partial charge in [-0.3, -0.25) is 9.18 Å². The fourth-order valence-corrected chi connectivity index (χ4v) is 5.66. The van der Waals surface area contributed by atoms with Crippen molar-refractivity contribution in [1.82, 2.24) is 29.6 Å². The van der Waals surface area contributed by atoms with Crippen LogP contribution in [0.3, 0.4) is 0 Å². The fourth-order valence-electron chi connectivity index (χ4n) is 5.66. The lowest BCUT2D eigenvalue weighted by Crippen LogP contribution is -2.36. The maximum Gasteiger partial charge on any atom is 0.408 e. The number of hydrogen-bond donors (Lipinski definition) is 2. The first-order valence-corrected chi connectivity index (χ1v) is 13.0. The number of nitrogens with zero attached hydrogens (tertiary/aromatic N) is 5. The second kappa shape index (κ2) is 8.35. The molecule has 4 aromatic rings. The Labute approximate surface area is 220 Å². The monoisotopic (exact) mass is 539 g/mol. The molecule has 2 saturated carbocycles. The molecule has 202 valence electrons. The van der Waals surface area contributed by atoms with E-state index in [9.17, 15) is 22.4 Å². The lowest BCUT2D eigenvalue weighted by molar-refractivity contribution is -0.144. The molecule has 2 aliphatic carbocycles. The molecule has 0 amide bonds. The van der Waals surface area contributed by atoms with Crippen molar-refractivity contribution >= 4 is 22.7 Å². The van der Waals surface area contributed by atoms with Crippen molar-refractivity contribution in [2.24, 2.45) is 0 Å². The van der Waals surface area contributed by atoms with Crippen LogP contribution >= 0.6 is 0 Å². The van der Waals surface area contributed by atoms with Gasteiger partial charge in [-0.2, -0.15) is 18.2 Å². The first kappa shape index (κ1) is 24.3. The van der Waals surface area contributed by atoms with Gasteiger partial charge in [-0.1, -0.05) is 12.1 Å². The Morgan fingerprint density at radius 1 is 1.08 bits per heavy atom. The number of aromatic nitrogens is 5. The number of fused-ring (bicyclic) bond motifs is 3. The Bertz CT molecular complexity index is 1670. The third kappa shape index (κ3) is 4.08. The molecule has 3 aliphatic rings. The molecular formula is C27H25F4N7O. The van der Waals surface area contributed by atoms with Crippen LogP contribution < -0.4 is 16.2 Å². The topological polar surface area (TPSA) is 89.7 Å². The smallest absolute Gasteiger partial charge is 0.324 e. The Kier molecular flexibility index (Phi) is 5.19. The Morgan fingerprint density at radius 3 is 2.62 bits per heavy atom. The second-order valence-corrected chi connectivity index (χ2v) is 10.8. The highest BCUT2D eigenvalue weighted by Crippen LogP contribution is 2.49. The van der Waals surface area contributed by atoms with Gasteiger partial charge in [0.05, 0.1) is 5.69 Å². The summed E-state index contributed by atoms with van der Waals surface area (Å²) in [4.78, 5) is 26.3. The van der Waals surface area contributed by atoms with Crippen molar-refractivity contribution in [1.29, 1.82) is 0 Å². The molecule has 2 fully saturated rings. The summed E-state index contributed by atoms with van der Waals surface area (Å²) in [5.74, 6) is 0.193. The molecule has 2 N–H and O–H groups in total. The third-order valence-electron chi connectivity index (χ3n) is 8.09. The quantitative estimate of drug-likeness (QED) is 0.353. The van der Waals surface area contributed by atoms with E-state index in [0.29, 0.717) is 23.2 Å². The van der Waals surface area contributed by atoms with Crippen LogP contribution in [-0.2, 0) is 23.9 Å². The van der Waals surface area contributed by atoms with Gasteiger partial charge in [0.2, 0.25) is 5.95 Å². The Morgan fingerprint density at radius 2 is 1.90 bits per heavy atom. The average Bonchev–Trinajstić information content (AvgIpc) is 3.84. The SMILES string of the molecule is O=c1c2cnc(Nc3ccc4c(c3)CCNC43CC3)nc2n(-c2cccc(C3(CF)CC3)n2)n1CC(F)(F)F. The van der Waals surface area contributed by atoms with E-state index < -0.39 is 30.4 Å². The van der Waals surface area contributed by atoms with E-state index in [4.69, 9.17) is 0 Å². The van der Waals surface area contributed by atoms with Gasteiger partial charge in [0, 0.05) is 29.4 Å². The summed E-state index contributed by atoms with van der Waals surface area (Å²) in [6, 6.07) is 10.8. The molecule has 0 atom stereocenters. The van der Waals surface area contributed by atoms with Gasteiger partial charge in [0.1, 0.15) is 18.6 Å². The van der Waals surface area contributed by atoms with Gasteiger partial charge in [-0.05, 0) is 67.5 Å². The highest BCUT2D eigenvalue weighted by molar-refractivity contribution is 5.77. The van der Waals surface area contributed by atoms with Crippen LogP contribution in [-0.4, -0.2) is 43.7 Å². The van der Waals surface area contributed by atoms with Gasteiger partial charge in [0.25, 0.3) is 5.56 Å². The number of anilines is 2. The molecule has 1 aliphatic heterocycles. The summed E-state index contributed by atoms with van der Waals surface area (Å²) in [6.07, 6.45) is 0.878. The van der Waals surface area contributed by atoms with Crippen LogP contribution in [0.5, 0.6) is 0 Å². The maximum atomic E-state index is 13.7. The lowest BCUT2D eigenvalue weighted by Gasteiger charge is -2.27. The first-order chi connectivity index (χ1) is 18.7. The average molecular weight is 540 g/mol. The van der Waals surface area contributed by atoms with Gasteiger partial charge in [-0.15, -0.1) is 0 Å².